The summed E-state index contributed by atoms with van der Waals surface area (Å²) in [6, 6.07) is 0. The Bertz CT molecular complexity index is 208. The molecule has 2 saturated heterocycles. The Balaban J connectivity index is 1.60. The fourth-order valence-corrected chi connectivity index (χ4v) is 2.58. The van der Waals surface area contributed by atoms with E-state index in [1.165, 1.54) is 19.3 Å². The van der Waals surface area contributed by atoms with Crippen LogP contribution < -0.4 is 5.32 Å². The molecule has 100 valence electrons. The maximum absolute atomic E-state index is 6.07. The molecule has 2 atom stereocenters. The third-order valence-electron chi connectivity index (χ3n) is 3.56. The standard InChI is InChI=1S/C13H26N2O2/c1-2-5-14-10-12-3-4-13(17-12)11-15-6-8-16-9-7-15/h12-14H,2-11H2,1H3. The molecule has 2 aliphatic rings. The van der Waals surface area contributed by atoms with Crippen LogP contribution in [0.5, 0.6) is 0 Å². The van der Waals surface area contributed by atoms with Crippen LogP contribution >= 0.6 is 0 Å². The predicted octanol–water partition coefficient (Wildman–Crippen LogP) is 0.866. The third kappa shape index (κ3) is 4.54. The van der Waals surface area contributed by atoms with E-state index in [4.69, 9.17) is 9.47 Å². The van der Waals surface area contributed by atoms with Crippen LogP contribution in [-0.2, 0) is 9.47 Å². The Morgan fingerprint density at radius 2 is 1.94 bits per heavy atom. The molecule has 17 heavy (non-hydrogen) atoms. The molecule has 0 aliphatic carbocycles. The predicted molar refractivity (Wildman–Crippen MR) is 68.3 cm³/mol. The number of hydrogen-bond acceptors (Lipinski definition) is 4. The molecular formula is C13H26N2O2. The van der Waals surface area contributed by atoms with Gasteiger partial charge in [-0.05, 0) is 25.8 Å². The van der Waals surface area contributed by atoms with Gasteiger partial charge in [0.2, 0.25) is 0 Å². The molecule has 1 N–H and O–H groups in total. The average Bonchev–Trinajstić information content (AvgIpc) is 2.79. The first-order chi connectivity index (χ1) is 8.38. The van der Waals surface area contributed by atoms with Gasteiger partial charge < -0.3 is 14.8 Å². The summed E-state index contributed by atoms with van der Waals surface area (Å²) in [5.74, 6) is 0. The minimum atomic E-state index is 0.438. The number of hydrogen-bond donors (Lipinski definition) is 1. The number of ether oxygens (including phenoxy) is 2. The van der Waals surface area contributed by atoms with Gasteiger partial charge in [-0.3, -0.25) is 4.90 Å². The zero-order chi connectivity index (χ0) is 11.9. The SMILES string of the molecule is CCCNCC1CCC(CN2CCOCC2)O1. The highest BCUT2D eigenvalue weighted by Crippen LogP contribution is 2.20. The summed E-state index contributed by atoms with van der Waals surface area (Å²) in [5.41, 5.74) is 0. The van der Waals surface area contributed by atoms with Crippen LogP contribution in [0.3, 0.4) is 0 Å². The van der Waals surface area contributed by atoms with Gasteiger partial charge in [0, 0.05) is 26.2 Å². The average molecular weight is 242 g/mol. The molecule has 2 aliphatic heterocycles. The Morgan fingerprint density at radius 3 is 2.71 bits per heavy atom. The van der Waals surface area contributed by atoms with Crippen molar-refractivity contribution >= 4 is 0 Å². The van der Waals surface area contributed by atoms with Crippen molar-refractivity contribution in [3.8, 4) is 0 Å². The molecule has 0 spiro atoms. The number of morpholine rings is 1. The normalized spacial score (nSPS) is 30.9. The minimum absolute atomic E-state index is 0.438. The molecule has 2 fully saturated rings. The first-order valence-electron chi connectivity index (χ1n) is 7.04. The molecule has 2 unspecified atom stereocenters. The van der Waals surface area contributed by atoms with Crippen molar-refractivity contribution in [1.82, 2.24) is 10.2 Å². The van der Waals surface area contributed by atoms with Crippen LogP contribution in [0.2, 0.25) is 0 Å². The number of nitrogens with one attached hydrogen (secondary N) is 1. The van der Waals surface area contributed by atoms with Crippen LogP contribution in [0.1, 0.15) is 26.2 Å². The minimum Gasteiger partial charge on any atom is -0.379 e. The lowest BCUT2D eigenvalue weighted by Gasteiger charge is -2.28. The second-order valence-corrected chi connectivity index (χ2v) is 5.07. The highest BCUT2D eigenvalue weighted by atomic mass is 16.5. The van der Waals surface area contributed by atoms with E-state index in [-0.39, 0.29) is 0 Å². The van der Waals surface area contributed by atoms with Crippen molar-refractivity contribution in [2.45, 2.75) is 38.4 Å². The van der Waals surface area contributed by atoms with E-state index in [9.17, 15) is 0 Å². The van der Waals surface area contributed by atoms with Gasteiger partial charge in [0.25, 0.3) is 0 Å². The van der Waals surface area contributed by atoms with E-state index < -0.39 is 0 Å². The van der Waals surface area contributed by atoms with Gasteiger partial charge in [-0.2, -0.15) is 0 Å². The van der Waals surface area contributed by atoms with Crippen molar-refractivity contribution < 1.29 is 9.47 Å². The molecule has 4 heteroatoms. The second kappa shape index (κ2) is 7.31. The summed E-state index contributed by atoms with van der Waals surface area (Å²) in [4.78, 5) is 2.47. The number of nitrogens with zero attached hydrogens (tertiary/aromatic N) is 1. The molecule has 4 nitrogen and oxygen atoms in total. The van der Waals surface area contributed by atoms with E-state index in [1.807, 2.05) is 0 Å². The lowest BCUT2D eigenvalue weighted by Crippen LogP contribution is -2.41. The Labute approximate surface area is 105 Å². The van der Waals surface area contributed by atoms with Gasteiger partial charge >= 0.3 is 0 Å². The van der Waals surface area contributed by atoms with Gasteiger partial charge in [0.1, 0.15) is 0 Å². The molecule has 0 radical (unpaired) electrons. The topological polar surface area (TPSA) is 33.7 Å². The van der Waals surface area contributed by atoms with E-state index >= 15 is 0 Å². The Morgan fingerprint density at radius 1 is 1.18 bits per heavy atom. The second-order valence-electron chi connectivity index (χ2n) is 5.07. The smallest absolute Gasteiger partial charge is 0.0707 e. The quantitative estimate of drug-likeness (QED) is 0.701. The lowest BCUT2D eigenvalue weighted by atomic mass is 10.2. The van der Waals surface area contributed by atoms with Crippen LogP contribution in [0.25, 0.3) is 0 Å². The van der Waals surface area contributed by atoms with Crippen molar-refractivity contribution in [3.63, 3.8) is 0 Å². The molecule has 0 aromatic rings. The molecule has 0 amide bonds. The first kappa shape index (κ1) is 13.3. The summed E-state index contributed by atoms with van der Waals surface area (Å²) in [5, 5.41) is 3.44. The summed E-state index contributed by atoms with van der Waals surface area (Å²) < 4.78 is 11.4. The van der Waals surface area contributed by atoms with Crippen molar-refractivity contribution in [3.05, 3.63) is 0 Å². The van der Waals surface area contributed by atoms with Gasteiger partial charge in [-0.15, -0.1) is 0 Å². The summed E-state index contributed by atoms with van der Waals surface area (Å²) in [6.07, 6.45) is 4.51. The molecule has 0 aromatic carbocycles. The fraction of sp³-hybridized carbons (Fsp3) is 1.00. The van der Waals surface area contributed by atoms with Crippen molar-refractivity contribution in [1.29, 1.82) is 0 Å². The zero-order valence-corrected chi connectivity index (χ0v) is 11.0. The van der Waals surface area contributed by atoms with E-state index in [2.05, 4.69) is 17.1 Å². The zero-order valence-electron chi connectivity index (χ0n) is 11.0. The van der Waals surface area contributed by atoms with E-state index in [0.717, 1.165) is 45.9 Å². The van der Waals surface area contributed by atoms with Gasteiger partial charge in [0.05, 0.1) is 25.4 Å². The Kier molecular flexibility index (Phi) is 5.71. The molecule has 2 heterocycles. The highest BCUT2D eigenvalue weighted by Gasteiger charge is 2.26. The Hall–Kier alpha value is -0.160. The van der Waals surface area contributed by atoms with Crippen molar-refractivity contribution in [2.24, 2.45) is 0 Å². The van der Waals surface area contributed by atoms with Crippen LogP contribution in [0, 0.1) is 0 Å². The molecule has 0 aromatic heterocycles. The van der Waals surface area contributed by atoms with Crippen molar-refractivity contribution in [2.75, 3.05) is 45.9 Å². The highest BCUT2D eigenvalue weighted by molar-refractivity contribution is 4.78. The molecular weight excluding hydrogens is 216 g/mol. The van der Waals surface area contributed by atoms with E-state index in [1.54, 1.807) is 0 Å². The molecule has 2 rings (SSSR count). The lowest BCUT2D eigenvalue weighted by molar-refractivity contribution is -0.0107. The maximum atomic E-state index is 6.07. The summed E-state index contributed by atoms with van der Waals surface area (Å²) in [7, 11) is 0. The monoisotopic (exact) mass is 242 g/mol. The number of rotatable bonds is 6. The fourth-order valence-electron chi connectivity index (χ4n) is 2.58. The summed E-state index contributed by atoms with van der Waals surface area (Å²) >= 11 is 0. The first-order valence-corrected chi connectivity index (χ1v) is 7.04. The van der Waals surface area contributed by atoms with Crippen LogP contribution in [-0.4, -0.2) is 63.0 Å². The van der Waals surface area contributed by atoms with Gasteiger partial charge in [0.15, 0.2) is 0 Å². The maximum Gasteiger partial charge on any atom is 0.0707 e. The van der Waals surface area contributed by atoms with Crippen LogP contribution in [0.15, 0.2) is 0 Å². The third-order valence-corrected chi connectivity index (χ3v) is 3.56. The van der Waals surface area contributed by atoms with E-state index in [0.29, 0.717) is 12.2 Å². The molecule has 0 bridgehead atoms. The van der Waals surface area contributed by atoms with Crippen LogP contribution in [0.4, 0.5) is 0 Å². The summed E-state index contributed by atoms with van der Waals surface area (Å²) in [6.45, 7) is 9.32. The largest absolute Gasteiger partial charge is 0.379 e. The van der Waals surface area contributed by atoms with Gasteiger partial charge in [-0.1, -0.05) is 6.92 Å². The molecule has 0 saturated carbocycles. The van der Waals surface area contributed by atoms with Gasteiger partial charge in [-0.25, -0.2) is 0 Å².